The number of nitrogens with zero attached hydrogens (tertiary/aromatic N) is 1. The third-order valence-electron chi connectivity index (χ3n) is 12.9. The quantitative estimate of drug-likeness (QED) is 0.157. The molecule has 0 spiro atoms. The molecule has 0 aliphatic heterocycles. The number of hydrogen-bond donors (Lipinski definition) is 0. The molecule has 0 bridgehead atoms. The molecule has 2 nitrogen and oxygen atoms in total. The van der Waals surface area contributed by atoms with Crippen molar-refractivity contribution in [3.63, 3.8) is 0 Å². The van der Waals surface area contributed by atoms with Crippen LogP contribution in [-0.2, 0) is 0 Å². The van der Waals surface area contributed by atoms with E-state index in [1.54, 1.807) is 0 Å². The maximum atomic E-state index is 6.69. The standard InChI is InChI=1S/C58H41NOS/c1-3-40(38-34-50-45-22-11-14-30-55(45)61-58(50)51(35-38)47-26-15-25-46-44-21-10-13-29-54(44)60-57(46)47)42-19-7-8-20-43(42)49-33-37(32-31-36(49)2)41-24-16-28-53-56(41)48-23-9-12-27-52(48)59(53)39-17-5-4-6-18-39/h4-35,40H,3H2,1-2H3. The van der Waals surface area contributed by atoms with Crippen LogP contribution >= 0.6 is 11.3 Å². The summed E-state index contributed by atoms with van der Waals surface area (Å²) in [6.45, 7) is 4.60. The Labute approximate surface area is 358 Å². The molecule has 0 aliphatic rings. The first kappa shape index (κ1) is 35.7. The fraction of sp³-hybridized carbons (Fsp3) is 0.0690. The number of furan rings is 1. The Morgan fingerprint density at radius 1 is 0.508 bits per heavy atom. The lowest BCUT2D eigenvalue weighted by molar-refractivity contribution is 0.670. The van der Waals surface area contributed by atoms with Gasteiger partial charge in [-0.05, 0) is 107 Å². The summed E-state index contributed by atoms with van der Waals surface area (Å²) in [5.41, 5.74) is 16.8. The predicted octanol–water partition coefficient (Wildman–Crippen LogP) is 16.9. The van der Waals surface area contributed by atoms with Crippen molar-refractivity contribution in [3.8, 4) is 39.1 Å². The Morgan fingerprint density at radius 3 is 2.08 bits per heavy atom. The van der Waals surface area contributed by atoms with E-state index in [4.69, 9.17) is 4.42 Å². The molecule has 1 atom stereocenters. The summed E-state index contributed by atoms with van der Waals surface area (Å²) >= 11 is 1.88. The highest BCUT2D eigenvalue weighted by atomic mass is 32.1. The highest BCUT2D eigenvalue weighted by Crippen LogP contribution is 2.48. The number of benzene rings is 9. The first-order chi connectivity index (χ1) is 30.1. The van der Waals surface area contributed by atoms with Gasteiger partial charge in [0, 0.05) is 64.4 Å². The molecule has 12 rings (SSSR count). The highest BCUT2D eigenvalue weighted by Gasteiger charge is 2.24. The van der Waals surface area contributed by atoms with Crippen molar-refractivity contribution in [1.82, 2.24) is 4.57 Å². The number of fused-ring (bicyclic) bond motifs is 9. The van der Waals surface area contributed by atoms with Crippen molar-refractivity contribution in [3.05, 3.63) is 211 Å². The van der Waals surface area contributed by atoms with Crippen LogP contribution in [0.5, 0.6) is 0 Å². The first-order valence-corrected chi connectivity index (χ1v) is 22.1. The predicted molar refractivity (Wildman–Crippen MR) is 261 cm³/mol. The molecule has 61 heavy (non-hydrogen) atoms. The number of hydrogen-bond acceptors (Lipinski definition) is 2. The number of aromatic nitrogens is 1. The Hall–Kier alpha value is -7.20. The minimum absolute atomic E-state index is 0.156. The number of aryl methyl sites for hydroxylation is 1. The van der Waals surface area contributed by atoms with Crippen LogP contribution in [0.3, 0.4) is 0 Å². The molecule has 12 aromatic rings. The summed E-state index contributed by atoms with van der Waals surface area (Å²) in [7, 11) is 0. The van der Waals surface area contributed by atoms with Gasteiger partial charge in [-0.25, -0.2) is 0 Å². The molecule has 0 aliphatic carbocycles. The van der Waals surface area contributed by atoms with Gasteiger partial charge < -0.3 is 8.98 Å². The van der Waals surface area contributed by atoms with Crippen molar-refractivity contribution >= 4 is 75.3 Å². The van der Waals surface area contributed by atoms with E-state index >= 15 is 0 Å². The van der Waals surface area contributed by atoms with Crippen molar-refractivity contribution in [2.75, 3.05) is 0 Å². The van der Waals surface area contributed by atoms with Gasteiger partial charge in [-0.2, -0.15) is 0 Å². The van der Waals surface area contributed by atoms with Crippen LogP contribution in [0.4, 0.5) is 0 Å². The second kappa shape index (κ2) is 14.2. The van der Waals surface area contributed by atoms with Gasteiger partial charge >= 0.3 is 0 Å². The third-order valence-corrected chi connectivity index (χ3v) is 14.1. The third kappa shape index (κ3) is 5.61. The van der Waals surface area contributed by atoms with E-state index in [0.717, 1.165) is 33.9 Å². The largest absolute Gasteiger partial charge is 0.455 e. The molecule has 0 radical (unpaired) electrons. The van der Waals surface area contributed by atoms with Crippen LogP contribution in [-0.4, -0.2) is 4.57 Å². The number of thiophene rings is 1. The molecule has 0 saturated carbocycles. The number of para-hydroxylation sites is 4. The van der Waals surface area contributed by atoms with Gasteiger partial charge in [0.2, 0.25) is 0 Å². The van der Waals surface area contributed by atoms with Crippen LogP contribution in [0, 0.1) is 6.92 Å². The van der Waals surface area contributed by atoms with E-state index in [0.29, 0.717) is 0 Å². The molecule has 290 valence electrons. The topological polar surface area (TPSA) is 18.1 Å². The van der Waals surface area contributed by atoms with Gasteiger partial charge in [-0.15, -0.1) is 11.3 Å². The second-order valence-corrected chi connectivity index (χ2v) is 17.3. The summed E-state index contributed by atoms with van der Waals surface area (Å²) in [6.07, 6.45) is 0.954. The van der Waals surface area contributed by atoms with Crippen molar-refractivity contribution in [1.29, 1.82) is 0 Å². The zero-order valence-electron chi connectivity index (χ0n) is 34.0. The Balaban J connectivity index is 1.04. The van der Waals surface area contributed by atoms with Gasteiger partial charge in [0.05, 0.1) is 11.0 Å². The number of rotatable bonds is 7. The normalized spacial score (nSPS) is 12.4. The molecule has 9 aromatic carbocycles. The average Bonchev–Trinajstić information content (AvgIpc) is 4.00. The zero-order chi connectivity index (χ0) is 40.6. The van der Waals surface area contributed by atoms with Crippen molar-refractivity contribution in [2.45, 2.75) is 26.2 Å². The monoisotopic (exact) mass is 799 g/mol. The van der Waals surface area contributed by atoms with Gasteiger partial charge in [0.15, 0.2) is 0 Å². The summed E-state index contributed by atoms with van der Waals surface area (Å²) in [4.78, 5) is 0. The van der Waals surface area contributed by atoms with E-state index in [-0.39, 0.29) is 5.92 Å². The fourth-order valence-electron chi connectivity index (χ4n) is 10.1. The van der Waals surface area contributed by atoms with E-state index < -0.39 is 0 Å². The van der Waals surface area contributed by atoms with E-state index in [1.807, 2.05) is 11.3 Å². The van der Waals surface area contributed by atoms with Crippen LogP contribution in [0.25, 0.3) is 103 Å². The summed E-state index contributed by atoms with van der Waals surface area (Å²) in [5.74, 6) is 0.156. The van der Waals surface area contributed by atoms with Crippen LogP contribution in [0.2, 0.25) is 0 Å². The molecule has 1 unspecified atom stereocenters. The Kier molecular flexibility index (Phi) is 8.33. The van der Waals surface area contributed by atoms with E-state index in [9.17, 15) is 0 Å². The van der Waals surface area contributed by atoms with Crippen LogP contribution in [0.15, 0.2) is 199 Å². The SMILES string of the molecule is CCC(c1cc(-c2cccc3c2oc2ccccc23)c2sc3ccccc3c2c1)c1ccccc1-c1cc(-c2cccc3c2c2ccccc2n3-c2ccccc2)ccc1C. The smallest absolute Gasteiger partial charge is 0.143 e. The summed E-state index contributed by atoms with van der Waals surface area (Å²) in [5, 5.41) is 7.45. The van der Waals surface area contributed by atoms with Crippen molar-refractivity contribution in [2.24, 2.45) is 0 Å². The van der Waals surface area contributed by atoms with Crippen LogP contribution < -0.4 is 0 Å². The molecule has 0 fully saturated rings. The minimum atomic E-state index is 0.156. The second-order valence-electron chi connectivity index (χ2n) is 16.3. The lowest BCUT2D eigenvalue weighted by Crippen LogP contribution is -2.03. The molecule has 3 aromatic heterocycles. The zero-order valence-corrected chi connectivity index (χ0v) is 34.8. The van der Waals surface area contributed by atoms with E-state index in [1.165, 1.54) is 92.2 Å². The average molecular weight is 800 g/mol. The molecule has 0 saturated heterocycles. The lowest BCUT2D eigenvalue weighted by Gasteiger charge is -2.22. The maximum Gasteiger partial charge on any atom is 0.143 e. The van der Waals surface area contributed by atoms with Crippen LogP contribution in [0.1, 0.15) is 36.0 Å². The Bertz CT molecular complexity index is 3660. The molecular weight excluding hydrogens is 759 g/mol. The maximum absolute atomic E-state index is 6.69. The molecular formula is C58H41NOS. The highest BCUT2D eigenvalue weighted by molar-refractivity contribution is 7.26. The van der Waals surface area contributed by atoms with Gasteiger partial charge in [0.1, 0.15) is 11.2 Å². The van der Waals surface area contributed by atoms with Gasteiger partial charge in [0.25, 0.3) is 0 Å². The van der Waals surface area contributed by atoms with Gasteiger partial charge in [-0.3, -0.25) is 0 Å². The van der Waals surface area contributed by atoms with Crippen molar-refractivity contribution < 1.29 is 4.42 Å². The van der Waals surface area contributed by atoms with Gasteiger partial charge in [-0.1, -0.05) is 146 Å². The minimum Gasteiger partial charge on any atom is -0.455 e. The lowest BCUT2D eigenvalue weighted by atomic mass is 9.81. The van der Waals surface area contributed by atoms with E-state index in [2.05, 4.69) is 213 Å². The molecule has 3 heterocycles. The summed E-state index contributed by atoms with van der Waals surface area (Å²) in [6, 6.07) is 71.3. The first-order valence-electron chi connectivity index (χ1n) is 21.3. The summed E-state index contributed by atoms with van der Waals surface area (Å²) < 4.78 is 11.7. The Morgan fingerprint density at radius 2 is 1.20 bits per heavy atom. The molecule has 0 amide bonds. The fourth-order valence-corrected chi connectivity index (χ4v) is 11.3. The molecule has 3 heteroatoms. The molecule has 0 N–H and O–H groups in total.